The first-order valence-electron chi connectivity index (χ1n) is 17.8. The lowest BCUT2D eigenvalue weighted by Crippen LogP contribution is -2.00. The molecule has 8 aromatic carbocycles. The van der Waals surface area contributed by atoms with Gasteiger partial charge in [-0.05, 0) is 35.0 Å². The fourth-order valence-electron chi connectivity index (χ4n) is 8.55. The Bertz CT molecular complexity index is 3460. The minimum atomic E-state index is 0.578. The van der Waals surface area contributed by atoms with E-state index in [-0.39, 0.29) is 0 Å². The maximum Gasteiger partial charge on any atom is 0.231 e. The average Bonchev–Trinajstić information content (AvgIpc) is 3.91. The van der Waals surface area contributed by atoms with E-state index in [0.29, 0.717) is 11.5 Å². The molecular weight excluding hydrogens is 667 g/mol. The van der Waals surface area contributed by atoms with Crippen LogP contribution in [0.3, 0.4) is 0 Å². The van der Waals surface area contributed by atoms with Crippen molar-refractivity contribution in [2.45, 2.75) is 0 Å². The summed E-state index contributed by atoms with van der Waals surface area (Å²) in [5.74, 6) is 0.630. The van der Waals surface area contributed by atoms with Gasteiger partial charge in [0, 0.05) is 58.2 Å². The van der Waals surface area contributed by atoms with Crippen LogP contribution in [-0.4, -0.2) is 14.5 Å². The van der Waals surface area contributed by atoms with Crippen LogP contribution in [0.1, 0.15) is 0 Å². The Kier molecular flexibility index (Phi) is 5.90. The van der Waals surface area contributed by atoms with E-state index in [2.05, 4.69) is 150 Å². The van der Waals surface area contributed by atoms with Gasteiger partial charge < -0.3 is 8.98 Å². The molecule has 4 heterocycles. The average molecular weight is 694 g/mol. The third kappa shape index (κ3) is 4.00. The number of fused-ring (bicyclic) bond motifs is 15. The van der Waals surface area contributed by atoms with Gasteiger partial charge in [-0.3, -0.25) is 0 Å². The topological polar surface area (TPSA) is 43.9 Å². The van der Waals surface area contributed by atoms with E-state index in [4.69, 9.17) is 14.4 Å². The number of para-hydroxylation sites is 2. The lowest BCUT2D eigenvalue weighted by molar-refractivity contribution is 0.657. The van der Waals surface area contributed by atoms with E-state index < -0.39 is 0 Å². The molecule has 0 unspecified atom stereocenters. The Hall–Kier alpha value is -6.82. The van der Waals surface area contributed by atoms with Crippen LogP contribution in [0.4, 0.5) is 0 Å². The lowest BCUT2D eigenvalue weighted by Gasteiger charge is -2.16. The zero-order valence-corrected chi connectivity index (χ0v) is 29.1. The summed E-state index contributed by atoms with van der Waals surface area (Å²) in [5, 5.41) is 11.7. The first-order chi connectivity index (χ1) is 26.3. The molecule has 0 fully saturated rings. The molecular formula is C48H27N3OS. The van der Waals surface area contributed by atoms with E-state index in [1.165, 1.54) is 47.2 Å². The highest BCUT2D eigenvalue weighted by Crippen LogP contribution is 2.49. The lowest BCUT2D eigenvalue weighted by atomic mass is 9.99. The Morgan fingerprint density at radius 3 is 2.08 bits per heavy atom. The summed E-state index contributed by atoms with van der Waals surface area (Å²) in [4.78, 5) is 10.5. The van der Waals surface area contributed by atoms with Gasteiger partial charge in [-0.25, -0.2) is 4.98 Å². The molecule has 246 valence electrons. The summed E-state index contributed by atoms with van der Waals surface area (Å²) < 4.78 is 11.8. The number of furan rings is 1. The van der Waals surface area contributed by atoms with E-state index in [9.17, 15) is 0 Å². The summed E-state index contributed by atoms with van der Waals surface area (Å²) in [5.41, 5.74) is 7.60. The minimum Gasteiger partial charge on any atom is -0.437 e. The SMILES string of the molecule is c1ccc(-c2nc(-c3ccccc3-n3c4ccccc4c4c5sc6ccccc6c5c5ccccc5c43)c3c(n2)oc2c4ccccc4ccc23)cc1. The van der Waals surface area contributed by atoms with Crippen molar-refractivity contribution >= 4 is 96.9 Å². The van der Waals surface area contributed by atoms with Crippen LogP contribution in [0, 0.1) is 0 Å². The van der Waals surface area contributed by atoms with Gasteiger partial charge in [-0.2, -0.15) is 4.98 Å². The maximum absolute atomic E-state index is 6.74. The molecule has 12 aromatic rings. The van der Waals surface area contributed by atoms with Gasteiger partial charge in [-0.15, -0.1) is 11.3 Å². The van der Waals surface area contributed by atoms with E-state index in [1.807, 2.05) is 29.5 Å². The van der Waals surface area contributed by atoms with Gasteiger partial charge in [0.1, 0.15) is 5.58 Å². The predicted molar refractivity (Wildman–Crippen MR) is 222 cm³/mol. The smallest absolute Gasteiger partial charge is 0.231 e. The van der Waals surface area contributed by atoms with Crippen molar-refractivity contribution in [1.29, 1.82) is 0 Å². The van der Waals surface area contributed by atoms with Crippen molar-refractivity contribution in [1.82, 2.24) is 14.5 Å². The van der Waals surface area contributed by atoms with Crippen molar-refractivity contribution in [2.75, 3.05) is 0 Å². The highest BCUT2D eigenvalue weighted by Gasteiger charge is 2.25. The largest absolute Gasteiger partial charge is 0.437 e. The predicted octanol–water partition coefficient (Wildman–Crippen LogP) is 13.5. The second kappa shape index (κ2) is 10.8. The molecule has 0 saturated heterocycles. The molecule has 5 heteroatoms. The highest BCUT2D eigenvalue weighted by molar-refractivity contribution is 7.27. The Morgan fingerprint density at radius 2 is 1.19 bits per heavy atom. The van der Waals surface area contributed by atoms with Gasteiger partial charge >= 0.3 is 0 Å². The Balaban J connectivity index is 1.26. The van der Waals surface area contributed by atoms with Gasteiger partial charge in [-0.1, -0.05) is 140 Å². The van der Waals surface area contributed by atoms with Gasteiger partial charge in [0.25, 0.3) is 0 Å². The molecule has 0 atom stereocenters. The van der Waals surface area contributed by atoms with Gasteiger partial charge in [0.05, 0.1) is 27.8 Å². The molecule has 0 saturated carbocycles. The second-order valence-corrected chi connectivity index (χ2v) is 14.7. The molecule has 4 nitrogen and oxygen atoms in total. The van der Waals surface area contributed by atoms with Crippen LogP contribution in [0.5, 0.6) is 0 Å². The minimum absolute atomic E-state index is 0.578. The van der Waals surface area contributed by atoms with Gasteiger partial charge in [0.2, 0.25) is 5.71 Å². The summed E-state index contributed by atoms with van der Waals surface area (Å²) in [6.45, 7) is 0. The molecule has 12 rings (SSSR count). The number of thiophene rings is 1. The number of rotatable bonds is 3. The van der Waals surface area contributed by atoms with E-state index in [0.717, 1.165) is 55.2 Å². The Morgan fingerprint density at radius 1 is 0.491 bits per heavy atom. The van der Waals surface area contributed by atoms with Crippen LogP contribution < -0.4 is 0 Å². The van der Waals surface area contributed by atoms with Crippen LogP contribution in [-0.2, 0) is 0 Å². The fraction of sp³-hybridized carbons (Fsp3) is 0. The third-order valence-electron chi connectivity index (χ3n) is 10.8. The normalized spacial score (nSPS) is 12.2. The molecule has 0 bridgehead atoms. The van der Waals surface area contributed by atoms with Crippen molar-refractivity contribution in [3.63, 3.8) is 0 Å². The van der Waals surface area contributed by atoms with Crippen molar-refractivity contribution < 1.29 is 4.42 Å². The summed E-state index contributed by atoms with van der Waals surface area (Å²) in [6, 6.07) is 58.1. The molecule has 0 aliphatic heterocycles. The van der Waals surface area contributed by atoms with Crippen LogP contribution in [0.25, 0.3) is 114 Å². The molecule has 0 aliphatic carbocycles. The number of benzene rings is 8. The zero-order chi connectivity index (χ0) is 34.6. The van der Waals surface area contributed by atoms with E-state index in [1.54, 1.807) is 0 Å². The molecule has 0 N–H and O–H groups in total. The molecule has 4 aromatic heterocycles. The zero-order valence-electron chi connectivity index (χ0n) is 28.2. The molecule has 0 radical (unpaired) electrons. The van der Waals surface area contributed by atoms with E-state index >= 15 is 0 Å². The van der Waals surface area contributed by atoms with Crippen molar-refractivity contribution in [3.8, 4) is 28.3 Å². The second-order valence-electron chi connectivity index (χ2n) is 13.6. The Labute approximate surface area is 306 Å². The summed E-state index contributed by atoms with van der Waals surface area (Å²) >= 11 is 1.89. The maximum atomic E-state index is 6.74. The number of aromatic nitrogens is 3. The quantitative estimate of drug-likeness (QED) is 0.185. The van der Waals surface area contributed by atoms with Crippen LogP contribution in [0.15, 0.2) is 168 Å². The first kappa shape index (κ1) is 28.8. The first-order valence-corrected chi connectivity index (χ1v) is 18.7. The molecule has 0 amide bonds. The number of hydrogen-bond acceptors (Lipinski definition) is 4. The monoisotopic (exact) mass is 693 g/mol. The summed E-state index contributed by atoms with van der Waals surface area (Å²) in [6.07, 6.45) is 0. The molecule has 0 aliphatic rings. The highest BCUT2D eigenvalue weighted by atomic mass is 32.1. The summed E-state index contributed by atoms with van der Waals surface area (Å²) in [7, 11) is 0. The third-order valence-corrected chi connectivity index (χ3v) is 12.0. The van der Waals surface area contributed by atoms with Crippen LogP contribution >= 0.6 is 11.3 Å². The van der Waals surface area contributed by atoms with Crippen LogP contribution in [0.2, 0.25) is 0 Å². The standard InChI is InChI=1S/C48H27N3OS/c1-2-15-29(16-3-1)47-49-43(41-36-27-26-28-14-4-5-17-30(28)45(36)52-48(41)50-47)34-21-9-12-24-38(34)51-37-23-11-8-20-33(37)42-44(51)32-19-7-6-18-31(32)40-35-22-10-13-25-39(35)53-46(40)42/h1-27H. The van der Waals surface area contributed by atoms with Gasteiger partial charge in [0.15, 0.2) is 5.82 Å². The van der Waals surface area contributed by atoms with Crippen molar-refractivity contribution in [3.05, 3.63) is 164 Å². The number of nitrogens with zero attached hydrogens (tertiary/aromatic N) is 3. The number of hydrogen-bond donors (Lipinski definition) is 0. The molecule has 53 heavy (non-hydrogen) atoms. The van der Waals surface area contributed by atoms with Crippen molar-refractivity contribution in [2.24, 2.45) is 0 Å². The molecule has 0 spiro atoms. The fourth-order valence-corrected chi connectivity index (χ4v) is 9.83.